The number of halogens is 3. The molecule has 1 aromatic carbocycles. The molecule has 1 aliphatic heterocycles. The third-order valence-corrected chi connectivity index (χ3v) is 3.83. The Kier molecular flexibility index (Phi) is 5.04. The van der Waals surface area contributed by atoms with E-state index in [2.05, 4.69) is 5.32 Å². The minimum absolute atomic E-state index is 0.0121. The van der Waals surface area contributed by atoms with Crippen LogP contribution in [0, 0.1) is 0 Å². The lowest BCUT2D eigenvalue weighted by atomic mass is 10.1. The van der Waals surface area contributed by atoms with E-state index >= 15 is 0 Å². The molecule has 1 saturated heterocycles. The largest absolute Gasteiger partial charge is 0.416 e. The topological polar surface area (TPSA) is 32.3 Å². The molecule has 1 atom stereocenters. The van der Waals surface area contributed by atoms with Crippen LogP contribution in [0.5, 0.6) is 0 Å². The van der Waals surface area contributed by atoms with Crippen molar-refractivity contribution >= 4 is 5.91 Å². The van der Waals surface area contributed by atoms with Gasteiger partial charge in [0, 0.05) is 12.1 Å². The maximum atomic E-state index is 12.6. The van der Waals surface area contributed by atoms with Gasteiger partial charge in [-0.1, -0.05) is 12.1 Å². The van der Waals surface area contributed by atoms with Crippen LogP contribution in [0.3, 0.4) is 0 Å². The van der Waals surface area contributed by atoms with Gasteiger partial charge in [-0.25, -0.2) is 0 Å². The van der Waals surface area contributed by atoms with Gasteiger partial charge in [0.05, 0.1) is 11.6 Å². The van der Waals surface area contributed by atoms with E-state index in [-0.39, 0.29) is 17.5 Å². The van der Waals surface area contributed by atoms with Crippen molar-refractivity contribution in [2.75, 3.05) is 6.54 Å². The van der Waals surface area contributed by atoms with Crippen molar-refractivity contribution in [3.8, 4) is 0 Å². The van der Waals surface area contributed by atoms with E-state index in [9.17, 15) is 18.0 Å². The number of carbonyl (C=O) groups is 1. The first-order valence-electron chi connectivity index (χ1n) is 7.78. The Balaban J connectivity index is 2.02. The Labute approximate surface area is 134 Å². The fourth-order valence-corrected chi connectivity index (χ4v) is 2.80. The van der Waals surface area contributed by atoms with Crippen LogP contribution in [0.25, 0.3) is 0 Å². The van der Waals surface area contributed by atoms with E-state index in [0.29, 0.717) is 6.54 Å². The summed E-state index contributed by atoms with van der Waals surface area (Å²) in [7, 11) is 0. The average molecular weight is 328 g/mol. The molecule has 23 heavy (non-hydrogen) atoms. The highest BCUT2D eigenvalue weighted by Gasteiger charge is 2.33. The van der Waals surface area contributed by atoms with E-state index in [1.54, 1.807) is 0 Å². The van der Waals surface area contributed by atoms with Gasteiger partial charge in [0.1, 0.15) is 0 Å². The number of hydrogen-bond acceptors (Lipinski definition) is 2. The zero-order valence-corrected chi connectivity index (χ0v) is 13.7. The van der Waals surface area contributed by atoms with Crippen LogP contribution in [0.1, 0.15) is 44.7 Å². The number of carbonyl (C=O) groups excluding carboxylic acids is 1. The lowest BCUT2D eigenvalue weighted by molar-refractivity contribution is -0.137. The molecule has 1 N–H and O–H groups in total. The Hall–Kier alpha value is -1.56. The summed E-state index contributed by atoms with van der Waals surface area (Å²) in [6.45, 7) is 7.06. The maximum Gasteiger partial charge on any atom is 0.416 e. The fraction of sp³-hybridized carbons (Fsp3) is 0.588. The molecule has 2 rings (SSSR count). The first-order valence-corrected chi connectivity index (χ1v) is 7.78. The van der Waals surface area contributed by atoms with E-state index < -0.39 is 11.7 Å². The Morgan fingerprint density at radius 2 is 1.83 bits per heavy atom. The van der Waals surface area contributed by atoms with Crippen molar-refractivity contribution in [1.29, 1.82) is 0 Å². The second-order valence-electron chi connectivity index (χ2n) is 7.06. The van der Waals surface area contributed by atoms with Crippen LogP contribution in [0.15, 0.2) is 24.3 Å². The summed E-state index contributed by atoms with van der Waals surface area (Å²) in [5.74, 6) is -0.0121. The predicted octanol–water partition coefficient (Wildman–Crippen LogP) is 3.58. The average Bonchev–Trinajstić information content (AvgIpc) is 2.84. The number of amides is 1. The number of likely N-dealkylation sites (tertiary alicyclic amines) is 1. The molecule has 1 aromatic rings. The number of hydrogen-bond donors (Lipinski definition) is 1. The maximum absolute atomic E-state index is 12.6. The van der Waals surface area contributed by atoms with Gasteiger partial charge in [0.25, 0.3) is 0 Å². The van der Waals surface area contributed by atoms with Crippen LogP contribution < -0.4 is 5.32 Å². The molecule has 6 heteroatoms. The molecular formula is C17H23F3N2O. The zero-order chi connectivity index (χ0) is 17.3. The summed E-state index contributed by atoms with van der Waals surface area (Å²) in [5, 5.41) is 2.98. The summed E-state index contributed by atoms with van der Waals surface area (Å²) >= 11 is 0. The summed E-state index contributed by atoms with van der Waals surface area (Å²) < 4.78 is 37.8. The zero-order valence-electron chi connectivity index (χ0n) is 13.7. The molecule has 1 heterocycles. The summed E-state index contributed by atoms with van der Waals surface area (Å²) in [6, 6.07) is 4.95. The molecule has 0 spiro atoms. The minimum atomic E-state index is -4.32. The molecule has 1 unspecified atom stereocenters. The molecule has 1 amide bonds. The predicted molar refractivity (Wildman–Crippen MR) is 82.8 cm³/mol. The van der Waals surface area contributed by atoms with Gasteiger partial charge in [0.2, 0.25) is 5.91 Å². The molecule has 1 aliphatic rings. The number of benzene rings is 1. The molecule has 0 aliphatic carbocycles. The number of alkyl halides is 3. The number of nitrogens with zero attached hydrogens (tertiary/aromatic N) is 1. The molecular weight excluding hydrogens is 305 g/mol. The standard InChI is InChI=1S/C17H23F3N2O/c1-16(2,3)21-15(23)14-5-4-10-22(14)11-12-6-8-13(9-7-12)17(18,19)20/h6-9,14H,4-5,10-11H2,1-3H3,(H,21,23). The van der Waals surface area contributed by atoms with Crippen LogP contribution in [0.2, 0.25) is 0 Å². The Morgan fingerprint density at radius 1 is 1.22 bits per heavy atom. The summed E-state index contributed by atoms with van der Waals surface area (Å²) in [6.07, 6.45) is -2.62. The van der Waals surface area contributed by atoms with E-state index in [1.807, 2.05) is 25.7 Å². The molecule has 3 nitrogen and oxygen atoms in total. The molecule has 0 aromatic heterocycles. The third-order valence-electron chi connectivity index (χ3n) is 3.83. The van der Waals surface area contributed by atoms with E-state index in [1.165, 1.54) is 12.1 Å². The first kappa shape index (κ1) is 17.8. The first-order chi connectivity index (χ1) is 10.6. The number of nitrogens with one attached hydrogen (secondary N) is 1. The lowest BCUT2D eigenvalue weighted by Crippen LogP contribution is -2.49. The van der Waals surface area contributed by atoms with Crippen molar-refractivity contribution in [3.05, 3.63) is 35.4 Å². The van der Waals surface area contributed by atoms with Gasteiger partial charge in [0.15, 0.2) is 0 Å². The normalized spacial score (nSPS) is 19.8. The highest BCUT2D eigenvalue weighted by molar-refractivity contribution is 5.82. The Morgan fingerprint density at radius 3 is 2.35 bits per heavy atom. The van der Waals surface area contributed by atoms with E-state index in [0.717, 1.165) is 37.1 Å². The minimum Gasteiger partial charge on any atom is -0.350 e. The lowest BCUT2D eigenvalue weighted by Gasteiger charge is -2.28. The van der Waals surface area contributed by atoms with Crippen molar-refractivity contribution in [2.45, 2.75) is 57.9 Å². The highest BCUT2D eigenvalue weighted by atomic mass is 19.4. The molecule has 128 valence electrons. The van der Waals surface area contributed by atoms with Crippen molar-refractivity contribution in [1.82, 2.24) is 10.2 Å². The molecule has 0 radical (unpaired) electrons. The van der Waals surface area contributed by atoms with Crippen molar-refractivity contribution in [2.24, 2.45) is 0 Å². The number of rotatable bonds is 3. The second kappa shape index (κ2) is 6.51. The van der Waals surface area contributed by atoms with Crippen molar-refractivity contribution < 1.29 is 18.0 Å². The van der Waals surface area contributed by atoms with Crippen LogP contribution in [-0.4, -0.2) is 28.9 Å². The van der Waals surface area contributed by atoms with Gasteiger partial charge in [-0.3, -0.25) is 9.69 Å². The van der Waals surface area contributed by atoms with Crippen LogP contribution >= 0.6 is 0 Å². The van der Waals surface area contributed by atoms with Crippen LogP contribution in [0.4, 0.5) is 13.2 Å². The monoisotopic (exact) mass is 328 g/mol. The molecule has 0 bridgehead atoms. The quantitative estimate of drug-likeness (QED) is 0.920. The highest BCUT2D eigenvalue weighted by Crippen LogP contribution is 2.29. The summed E-state index contributed by atoms with van der Waals surface area (Å²) in [4.78, 5) is 14.4. The van der Waals surface area contributed by atoms with Gasteiger partial charge in [-0.05, 0) is 57.9 Å². The van der Waals surface area contributed by atoms with Crippen molar-refractivity contribution in [3.63, 3.8) is 0 Å². The molecule has 1 fully saturated rings. The van der Waals surface area contributed by atoms with E-state index in [4.69, 9.17) is 0 Å². The molecule has 0 saturated carbocycles. The smallest absolute Gasteiger partial charge is 0.350 e. The van der Waals surface area contributed by atoms with Gasteiger partial charge in [-0.2, -0.15) is 13.2 Å². The fourth-order valence-electron chi connectivity index (χ4n) is 2.80. The van der Waals surface area contributed by atoms with Gasteiger partial charge in [-0.15, -0.1) is 0 Å². The summed E-state index contributed by atoms with van der Waals surface area (Å²) in [5.41, 5.74) is -0.155. The Bertz CT molecular complexity index is 546. The SMILES string of the molecule is CC(C)(C)NC(=O)C1CCCN1Cc1ccc(C(F)(F)F)cc1. The second-order valence-corrected chi connectivity index (χ2v) is 7.06. The third kappa shape index (κ3) is 4.96. The van der Waals surface area contributed by atoms with Gasteiger partial charge < -0.3 is 5.32 Å². The van der Waals surface area contributed by atoms with Crippen LogP contribution in [-0.2, 0) is 17.5 Å². The van der Waals surface area contributed by atoms with Gasteiger partial charge >= 0.3 is 6.18 Å².